The Bertz CT molecular complexity index is 315. The van der Waals surface area contributed by atoms with Gasteiger partial charge in [0, 0.05) is 6.04 Å². The smallest absolute Gasteiger partial charge is 0.307 e. The van der Waals surface area contributed by atoms with Crippen LogP contribution in [0.25, 0.3) is 0 Å². The van der Waals surface area contributed by atoms with Crippen molar-refractivity contribution in [3.8, 4) is 0 Å². The van der Waals surface area contributed by atoms with Crippen LogP contribution in [-0.4, -0.2) is 23.0 Å². The number of carbonyl (C=O) groups is 2. The number of aliphatic carboxylic acids is 1. The average Bonchev–Trinajstić information content (AvgIpc) is 2.77. The minimum Gasteiger partial charge on any atom is -0.481 e. The zero-order valence-electron chi connectivity index (χ0n) is 12.3. The second-order valence-corrected chi connectivity index (χ2v) is 6.22. The van der Waals surface area contributed by atoms with E-state index in [2.05, 4.69) is 19.2 Å². The molecular weight excluding hydrogens is 242 g/mol. The second-order valence-electron chi connectivity index (χ2n) is 6.22. The van der Waals surface area contributed by atoms with E-state index in [4.69, 9.17) is 5.11 Å². The van der Waals surface area contributed by atoms with Gasteiger partial charge in [-0.15, -0.1) is 0 Å². The first kappa shape index (κ1) is 16.0. The zero-order chi connectivity index (χ0) is 14.4. The van der Waals surface area contributed by atoms with Crippen LogP contribution >= 0.6 is 0 Å². The van der Waals surface area contributed by atoms with Crippen molar-refractivity contribution >= 4 is 11.9 Å². The van der Waals surface area contributed by atoms with Gasteiger partial charge < -0.3 is 10.4 Å². The molecule has 1 saturated carbocycles. The lowest BCUT2D eigenvalue weighted by molar-refractivity contribution is -0.146. The number of carboxylic acids is 1. The molecule has 4 heteroatoms. The summed E-state index contributed by atoms with van der Waals surface area (Å²) in [6.45, 7) is 6.39. The quantitative estimate of drug-likeness (QED) is 0.747. The Morgan fingerprint density at radius 2 is 1.79 bits per heavy atom. The molecule has 1 aliphatic rings. The van der Waals surface area contributed by atoms with E-state index in [-0.39, 0.29) is 17.9 Å². The van der Waals surface area contributed by atoms with E-state index in [9.17, 15) is 9.59 Å². The third-order valence-corrected chi connectivity index (χ3v) is 3.98. The predicted molar refractivity (Wildman–Crippen MR) is 74.8 cm³/mol. The number of carboxylic acid groups (broad SMARTS) is 1. The second kappa shape index (κ2) is 7.51. The summed E-state index contributed by atoms with van der Waals surface area (Å²) in [5.41, 5.74) is 0. The molecule has 1 aliphatic carbocycles. The largest absolute Gasteiger partial charge is 0.481 e. The molecule has 0 aliphatic heterocycles. The van der Waals surface area contributed by atoms with Crippen LogP contribution in [-0.2, 0) is 9.59 Å². The third-order valence-electron chi connectivity index (χ3n) is 3.98. The van der Waals surface area contributed by atoms with Crippen molar-refractivity contribution in [3.05, 3.63) is 0 Å². The van der Waals surface area contributed by atoms with Crippen LogP contribution in [0.4, 0.5) is 0 Å². The first-order valence-electron chi connectivity index (χ1n) is 7.45. The molecule has 4 nitrogen and oxygen atoms in total. The maximum atomic E-state index is 12.1. The Labute approximate surface area is 116 Å². The van der Waals surface area contributed by atoms with Gasteiger partial charge >= 0.3 is 5.97 Å². The van der Waals surface area contributed by atoms with E-state index >= 15 is 0 Å². The highest BCUT2D eigenvalue weighted by molar-refractivity contribution is 5.85. The Morgan fingerprint density at radius 1 is 1.16 bits per heavy atom. The molecule has 0 aromatic heterocycles. The average molecular weight is 269 g/mol. The van der Waals surface area contributed by atoms with Gasteiger partial charge in [0.25, 0.3) is 0 Å². The lowest BCUT2D eigenvalue weighted by atomic mass is 9.94. The van der Waals surface area contributed by atoms with Gasteiger partial charge in [0.2, 0.25) is 5.91 Å². The summed E-state index contributed by atoms with van der Waals surface area (Å²) in [6, 6.07) is 0.140. The van der Waals surface area contributed by atoms with Crippen molar-refractivity contribution in [2.45, 2.75) is 65.3 Å². The third kappa shape index (κ3) is 5.21. The monoisotopic (exact) mass is 269 g/mol. The van der Waals surface area contributed by atoms with Crippen molar-refractivity contribution in [3.63, 3.8) is 0 Å². The molecule has 0 bridgehead atoms. The summed E-state index contributed by atoms with van der Waals surface area (Å²) in [5, 5.41) is 12.1. The Kier molecular flexibility index (Phi) is 6.32. The van der Waals surface area contributed by atoms with Gasteiger partial charge in [-0.1, -0.05) is 33.1 Å². The van der Waals surface area contributed by atoms with Gasteiger partial charge in [0.15, 0.2) is 0 Å². The fourth-order valence-corrected chi connectivity index (χ4v) is 2.82. The maximum Gasteiger partial charge on any atom is 0.307 e. The molecule has 0 radical (unpaired) electrons. The van der Waals surface area contributed by atoms with E-state index < -0.39 is 11.9 Å². The highest BCUT2D eigenvalue weighted by Gasteiger charge is 2.37. The van der Waals surface area contributed by atoms with Crippen LogP contribution in [0.3, 0.4) is 0 Å². The molecule has 1 rings (SSSR count). The standard InChI is InChI=1S/C15H27NO3/c1-10(2)6-4-7-11(3)16-14(17)12-8-5-9-13(12)15(18)19/h10-13H,4-9H2,1-3H3,(H,16,17)(H,18,19)/t11?,12-,13+/m1/s1. The fraction of sp³-hybridized carbons (Fsp3) is 0.867. The summed E-state index contributed by atoms with van der Waals surface area (Å²) in [5.74, 6) is -1.02. The van der Waals surface area contributed by atoms with Crippen molar-refractivity contribution in [2.24, 2.45) is 17.8 Å². The van der Waals surface area contributed by atoms with Gasteiger partial charge in [-0.25, -0.2) is 0 Å². The van der Waals surface area contributed by atoms with Gasteiger partial charge in [-0.05, 0) is 32.1 Å². The molecule has 1 amide bonds. The zero-order valence-corrected chi connectivity index (χ0v) is 12.3. The first-order chi connectivity index (χ1) is 8.91. The number of carbonyl (C=O) groups excluding carboxylic acids is 1. The highest BCUT2D eigenvalue weighted by atomic mass is 16.4. The Balaban J connectivity index is 2.35. The summed E-state index contributed by atoms with van der Waals surface area (Å²) < 4.78 is 0. The minimum atomic E-state index is -0.829. The number of amides is 1. The molecule has 0 heterocycles. The lowest BCUT2D eigenvalue weighted by Gasteiger charge is -2.20. The molecule has 0 aromatic rings. The van der Waals surface area contributed by atoms with Crippen LogP contribution in [0.15, 0.2) is 0 Å². The molecule has 0 saturated heterocycles. The van der Waals surface area contributed by atoms with Crippen LogP contribution in [0.5, 0.6) is 0 Å². The van der Waals surface area contributed by atoms with Crippen molar-refractivity contribution in [2.75, 3.05) is 0 Å². The maximum absolute atomic E-state index is 12.1. The molecule has 0 aromatic carbocycles. The van der Waals surface area contributed by atoms with Crippen molar-refractivity contribution < 1.29 is 14.7 Å². The van der Waals surface area contributed by atoms with Crippen LogP contribution in [0.2, 0.25) is 0 Å². The molecule has 110 valence electrons. The molecule has 1 fully saturated rings. The number of hydrogen-bond acceptors (Lipinski definition) is 2. The number of nitrogens with one attached hydrogen (secondary N) is 1. The van der Waals surface area contributed by atoms with Crippen molar-refractivity contribution in [1.29, 1.82) is 0 Å². The van der Waals surface area contributed by atoms with Crippen molar-refractivity contribution in [1.82, 2.24) is 5.32 Å². The molecule has 2 N–H and O–H groups in total. The fourth-order valence-electron chi connectivity index (χ4n) is 2.82. The topological polar surface area (TPSA) is 66.4 Å². The highest BCUT2D eigenvalue weighted by Crippen LogP contribution is 2.32. The Morgan fingerprint density at radius 3 is 2.37 bits per heavy atom. The van der Waals surface area contributed by atoms with E-state index in [0.717, 1.165) is 19.3 Å². The van der Waals surface area contributed by atoms with E-state index in [1.54, 1.807) is 0 Å². The van der Waals surface area contributed by atoms with Crippen LogP contribution < -0.4 is 5.32 Å². The normalized spacial score (nSPS) is 24.4. The predicted octanol–water partition coefficient (Wildman–Crippen LogP) is 2.82. The number of rotatable bonds is 7. The van der Waals surface area contributed by atoms with Gasteiger partial charge in [0.1, 0.15) is 0 Å². The SMILES string of the molecule is CC(C)CCCC(C)NC(=O)[C@@H]1CCC[C@@H]1C(=O)O. The molecule has 0 spiro atoms. The van der Waals surface area contributed by atoms with E-state index in [1.165, 1.54) is 6.42 Å². The first-order valence-corrected chi connectivity index (χ1v) is 7.45. The van der Waals surface area contributed by atoms with Crippen LogP contribution in [0, 0.1) is 17.8 Å². The minimum absolute atomic E-state index is 0.0676. The van der Waals surface area contributed by atoms with Gasteiger partial charge in [-0.2, -0.15) is 0 Å². The Hall–Kier alpha value is -1.06. The van der Waals surface area contributed by atoms with Gasteiger partial charge in [-0.3, -0.25) is 9.59 Å². The summed E-state index contributed by atoms with van der Waals surface area (Å²) >= 11 is 0. The molecular formula is C15H27NO3. The van der Waals surface area contributed by atoms with Crippen LogP contribution in [0.1, 0.15) is 59.3 Å². The summed E-state index contributed by atoms with van der Waals surface area (Å²) in [4.78, 5) is 23.2. The molecule has 3 atom stereocenters. The van der Waals surface area contributed by atoms with E-state index in [0.29, 0.717) is 18.8 Å². The summed E-state index contributed by atoms with van der Waals surface area (Å²) in [7, 11) is 0. The number of hydrogen-bond donors (Lipinski definition) is 2. The molecule has 1 unspecified atom stereocenters. The van der Waals surface area contributed by atoms with E-state index in [1.807, 2.05) is 6.92 Å². The lowest BCUT2D eigenvalue weighted by Crippen LogP contribution is -2.40. The summed E-state index contributed by atoms with van der Waals surface area (Å²) in [6.07, 6.45) is 5.43. The molecule has 19 heavy (non-hydrogen) atoms. The van der Waals surface area contributed by atoms with Gasteiger partial charge in [0.05, 0.1) is 11.8 Å².